The predicted octanol–water partition coefficient (Wildman–Crippen LogP) is 1.63. The van der Waals surface area contributed by atoms with Crippen LogP contribution in [0.15, 0.2) is 12.4 Å². The van der Waals surface area contributed by atoms with Crippen molar-refractivity contribution in [1.82, 2.24) is 15.1 Å². The van der Waals surface area contributed by atoms with Gasteiger partial charge in [0.1, 0.15) is 0 Å². The number of rotatable bonds is 8. The Morgan fingerprint density at radius 2 is 2.47 bits per heavy atom. The normalized spacial score (nSPS) is 22.9. The van der Waals surface area contributed by atoms with E-state index in [-0.39, 0.29) is 0 Å². The van der Waals surface area contributed by atoms with Crippen LogP contribution in [0.2, 0.25) is 0 Å². The SMILES string of the molecule is CCCn1cc(C2CC2CNCCOC)cn1. The van der Waals surface area contributed by atoms with Gasteiger partial charge in [-0.05, 0) is 36.8 Å². The molecule has 0 saturated heterocycles. The highest BCUT2D eigenvalue weighted by atomic mass is 16.5. The molecule has 2 atom stereocenters. The standard InChI is InChI=1S/C13H23N3O/c1-3-5-16-10-12(9-15-16)13-7-11(13)8-14-4-6-17-2/h9-11,13-14H,3-8H2,1-2H3. The zero-order chi connectivity index (χ0) is 12.1. The van der Waals surface area contributed by atoms with Crippen molar-refractivity contribution in [2.45, 2.75) is 32.2 Å². The molecule has 1 fully saturated rings. The van der Waals surface area contributed by atoms with Gasteiger partial charge in [-0.2, -0.15) is 5.10 Å². The molecule has 1 aromatic heterocycles. The number of ether oxygens (including phenoxy) is 1. The number of nitrogens with one attached hydrogen (secondary N) is 1. The molecule has 2 unspecified atom stereocenters. The summed E-state index contributed by atoms with van der Waals surface area (Å²) in [5.74, 6) is 1.53. The second-order valence-corrected chi connectivity index (χ2v) is 4.84. The summed E-state index contributed by atoms with van der Waals surface area (Å²) in [7, 11) is 1.74. The first-order chi connectivity index (χ1) is 8.35. The molecule has 1 aliphatic carbocycles. The molecule has 4 nitrogen and oxygen atoms in total. The van der Waals surface area contributed by atoms with Gasteiger partial charge < -0.3 is 10.1 Å². The summed E-state index contributed by atoms with van der Waals surface area (Å²) >= 11 is 0. The number of hydrogen-bond donors (Lipinski definition) is 1. The summed E-state index contributed by atoms with van der Waals surface area (Å²) in [4.78, 5) is 0. The summed E-state index contributed by atoms with van der Waals surface area (Å²) < 4.78 is 7.07. The van der Waals surface area contributed by atoms with E-state index >= 15 is 0 Å². The lowest BCUT2D eigenvalue weighted by molar-refractivity contribution is 0.199. The minimum Gasteiger partial charge on any atom is -0.383 e. The van der Waals surface area contributed by atoms with Gasteiger partial charge in [0.2, 0.25) is 0 Å². The van der Waals surface area contributed by atoms with Crippen LogP contribution in [0.1, 0.15) is 31.2 Å². The number of nitrogens with zero attached hydrogens (tertiary/aromatic N) is 2. The van der Waals surface area contributed by atoms with Crippen LogP contribution in [0.5, 0.6) is 0 Å². The minimum absolute atomic E-state index is 0.732. The number of aromatic nitrogens is 2. The molecule has 1 heterocycles. The van der Waals surface area contributed by atoms with Crippen LogP contribution in [0.4, 0.5) is 0 Å². The third-order valence-corrected chi connectivity index (χ3v) is 3.35. The Morgan fingerprint density at radius 3 is 3.24 bits per heavy atom. The van der Waals surface area contributed by atoms with Crippen molar-refractivity contribution in [3.8, 4) is 0 Å². The lowest BCUT2D eigenvalue weighted by Crippen LogP contribution is -2.21. The summed E-state index contributed by atoms with van der Waals surface area (Å²) in [6.07, 6.45) is 6.70. The minimum atomic E-state index is 0.732. The molecule has 0 amide bonds. The van der Waals surface area contributed by atoms with E-state index in [1.165, 1.54) is 12.0 Å². The highest BCUT2D eigenvalue weighted by Crippen LogP contribution is 2.46. The molecule has 96 valence electrons. The molecule has 1 aliphatic rings. The Morgan fingerprint density at radius 1 is 1.59 bits per heavy atom. The zero-order valence-corrected chi connectivity index (χ0v) is 10.9. The zero-order valence-electron chi connectivity index (χ0n) is 10.9. The van der Waals surface area contributed by atoms with Crippen LogP contribution < -0.4 is 5.32 Å². The Hall–Kier alpha value is -0.870. The molecular weight excluding hydrogens is 214 g/mol. The molecule has 1 aromatic rings. The third kappa shape index (κ3) is 3.54. The van der Waals surface area contributed by atoms with E-state index in [9.17, 15) is 0 Å². The first kappa shape index (κ1) is 12.6. The Kier molecular flexibility index (Phi) is 4.57. The van der Waals surface area contributed by atoms with Gasteiger partial charge in [0.15, 0.2) is 0 Å². The molecule has 1 N–H and O–H groups in total. The molecule has 0 radical (unpaired) electrons. The van der Waals surface area contributed by atoms with Crippen molar-refractivity contribution in [3.63, 3.8) is 0 Å². The molecular formula is C13H23N3O. The highest BCUT2D eigenvalue weighted by molar-refractivity contribution is 5.20. The highest BCUT2D eigenvalue weighted by Gasteiger charge is 2.38. The quantitative estimate of drug-likeness (QED) is 0.699. The molecule has 17 heavy (non-hydrogen) atoms. The van der Waals surface area contributed by atoms with E-state index in [2.05, 4.69) is 28.2 Å². The third-order valence-electron chi connectivity index (χ3n) is 3.35. The molecule has 0 spiro atoms. The van der Waals surface area contributed by atoms with Crippen molar-refractivity contribution < 1.29 is 4.74 Å². The monoisotopic (exact) mass is 237 g/mol. The lowest BCUT2D eigenvalue weighted by Gasteiger charge is -2.02. The molecule has 4 heteroatoms. The molecule has 0 aliphatic heterocycles. The van der Waals surface area contributed by atoms with E-state index in [0.717, 1.165) is 44.5 Å². The molecule has 2 rings (SSSR count). The predicted molar refractivity (Wildman–Crippen MR) is 68.1 cm³/mol. The fourth-order valence-corrected chi connectivity index (χ4v) is 2.27. The van der Waals surface area contributed by atoms with Crippen LogP contribution in [0, 0.1) is 5.92 Å². The van der Waals surface area contributed by atoms with Crippen LogP contribution >= 0.6 is 0 Å². The second-order valence-electron chi connectivity index (χ2n) is 4.84. The maximum absolute atomic E-state index is 5.01. The molecule has 1 saturated carbocycles. The lowest BCUT2D eigenvalue weighted by atomic mass is 10.2. The van der Waals surface area contributed by atoms with Gasteiger partial charge in [-0.15, -0.1) is 0 Å². The van der Waals surface area contributed by atoms with Crippen molar-refractivity contribution in [3.05, 3.63) is 18.0 Å². The van der Waals surface area contributed by atoms with Gasteiger partial charge in [0, 0.05) is 26.4 Å². The van der Waals surface area contributed by atoms with Gasteiger partial charge in [-0.3, -0.25) is 4.68 Å². The summed E-state index contributed by atoms with van der Waals surface area (Å²) in [6.45, 7) is 6.07. The van der Waals surface area contributed by atoms with E-state index in [1.54, 1.807) is 7.11 Å². The topological polar surface area (TPSA) is 39.1 Å². The maximum Gasteiger partial charge on any atom is 0.0587 e. The first-order valence-electron chi connectivity index (χ1n) is 6.57. The fraction of sp³-hybridized carbons (Fsp3) is 0.769. The van der Waals surface area contributed by atoms with Crippen LogP contribution in [0.25, 0.3) is 0 Å². The van der Waals surface area contributed by atoms with Gasteiger partial charge in [-0.25, -0.2) is 0 Å². The summed E-state index contributed by atoms with van der Waals surface area (Å²) in [6, 6.07) is 0. The van der Waals surface area contributed by atoms with Gasteiger partial charge in [0.05, 0.1) is 12.8 Å². The van der Waals surface area contributed by atoms with Crippen molar-refractivity contribution in [2.75, 3.05) is 26.8 Å². The maximum atomic E-state index is 5.01. The Balaban J connectivity index is 1.70. The average molecular weight is 237 g/mol. The first-order valence-corrected chi connectivity index (χ1v) is 6.57. The van der Waals surface area contributed by atoms with Crippen LogP contribution in [-0.4, -0.2) is 36.6 Å². The van der Waals surface area contributed by atoms with Crippen LogP contribution in [-0.2, 0) is 11.3 Å². The van der Waals surface area contributed by atoms with Gasteiger partial charge in [0.25, 0.3) is 0 Å². The van der Waals surface area contributed by atoms with E-state index in [4.69, 9.17) is 4.74 Å². The number of aryl methyl sites for hydroxylation is 1. The average Bonchev–Trinajstić information content (AvgIpc) is 2.96. The van der Waals surface area contributed by atoms with Gasteiger partial charge in [-0.1, -0.05) is 6.92 Å². The summed E-state index contributed by atoms with van der Waals surface area (Å²) in [5, 5.41) is 7.82. The van der Waals surface area contributed by atoms with Crippen molar-refractivity contribution in [2.24, 2.45) is 5.92 Å². The molecule has 0 bridgehead atoms. The fourth-order valence-electron chi connectivity index (χ4n) is 2.27. The van der Waals surface area contributed by atoms with Crippen molar-refractivity contribution in [1.29, 1.82) is 0 Å². The van der Waals surface area contributed by atoms with Crippen molar-refractivity contribution >= 4 is 0 Å². The Labute approximate surface area is 103 Å². The molecule has 0 aromatic carbocycles. The largest absolute Gasteiger partial charge is 0.383 e. The second kappa shape index (κ2) is 6.17. The smallest absolute Gasteiger partial charge is 0.0587 e. The van der Waals surface area contributed by atoms with Gasteiger partial charge >= 0.3 is 0 Å². The van der Waals surface area contributed by atoms with E-state index in [0.29, 0.717) is 0 Å². The number of hydrogen-bond acceptors (Lipinski definition) is 3. The van der Waals surface area contributed by atoms with E-state index < -0.39 is 0 Å². The van der Waals surface area contributed by atoms with E-state index in [1.807, 2.05) is 6.20 Å². The summed E-state index contributed by atoms with van der Waals surface area (Å²) in [5.41, 5.74) is 1.41. The number of methoxy groups -OCH3 is 1. The Bertz CT molecular complexity index is 337. The van der Waals surface area contributed by atoms with Crippen LogP contribution in [0.3, 0.4) is 0 Å².